The van der Waals surface area contributed by atoms with Crippen LogP contribution in [0.5, 0.6) is 5.75 Å². The summed E-state index contributed by atoms with van der Waals surface area (Å²) < 4.78 is 10.6. The van der Waals surface area contributed by atoms with Crippen molar-refractivity contribution in [1.82, 2.24) is 0 Å². The Morgan fingerprint density at radius 1 is 1.45 bits per heavy atom. The van der Waals surface area contributed by atoms with Crippen LogP contribution in [0, 0.1) is 5.92 Å². The maximum atomic E-state index is 12.0. The largest absolute Gasteiger partial charge is 0.492 e. The van der Waals surface area contributed by atoms with Crippen LogP contribution in [0.1, 0.15) is 24.8 Å². The van der Waals surface area contributed by atoms with Gasteiger partial charge in [0.1, 0.15) is 11.8 Å². The van der Waals surface area contributed by atoms with Crippen LogP contribution >= 0.6 is 0 Å². The van der Waals surface area contributed by atoms with E-state index in [1.807, 2.05) is 19.1 Å². The van der Waals surface area contributed by atoms with Gasteiger partial charge < -0.3 is 14.8 Å². The fraction of sp³-hybridized carbons (Fsp3) is 0.438. The van der Waals surface area contributed by atoms with E-state index >= 15 is 0 Å². The van der Waals surface area contributed by atoms with Gasteiger partial charge in [-0.05, 0) is 25.0 Å². The minimum absolute atomic E-state index is 0.208. The predicted octanol–water partition coefficient (Wildman–Crippen LogP) is 2.71. The van der Waals surface area contributed by atoms with Gasteiger partial charge in [0.05, 0.1) is 19.4 Å². The fourth-order valence-electron chi connectivity index (χ4n) is 3.23. The number of hydrogen-bond acceptors (Lipinski definition) is 4. The first-order valence-electron chi connectivity index (χ1n) is 7.03. The van der Waals surface area contributed by atoms with Crippen LogP contribution < -0.4 is 10.1 Å². The number of anilines is 1. The molecule has 0 unspecified atom stereocenters. The smallest absolute Gasteiger partial charge is 0.328 e. The Bertz CT molecular complexity index is 553. The molecule has 3 rings (SSSR count). The first-order valence-corrected chi connectivity index (χ1v) is 7.03. The van der Waals surface area contributed by atoms with E-state index in [9.17, 15) is 4.79 Å². The van der Waals surface area contributed by atoms with E-state index in [-0.39, 0.29) is 23.8 Å². The molecule has 1 N–H and O–H groups in total. The quantitative estimate of drug-likeness (QED) is 0.679. The van der Waals surface area contributed by atoms with Crippen LogP contribution in [0.15, 0.2) is 30.4 Å². The average Bonchev–Trinajstić information content (AvgIpc) is 2.96. The number of para-hydroxylation sites is 1. The summed E-state index contributed by atoms with van der Waals surface area (Å²) in [5.41, 5.74) is 2.13. The molecule has 2 aliphatic rings. The minimum atomic E-state index is -0.311. The molecule has 0 radical (unpaired) electrons. The molecule has 4 nitrogen and oxygen atoms in total. The van der Waals surface area contributed by atoms with Crippen molar-refractivity contribution < 1.29 is 14.3 Å². The Balaban J connectivity index is 2.04. The van der Waals surface area contributed by atoms with Crippen LogP contribution in [0.25, 0.3) is 0 Å². The molecule has 0 aromatic heterocycles. The minimum Gasteiger partial charge on any atom is -0.492 e. The molecule has 4 heteroatoms. The molecule has 0 spiro atoms. The number of carbonyl (C=O) groups is 1. The van der Waals surface area contributed by atoms with Crippen LogP contribution in [0.4, 0.5) is 5.69 Å². The summed E-state index contributed by atoms with van der Waals surface area (Å²) >= 11 is 0. The van der Waals surface area contributed by atoms with Crippen LogP contribution in [0.2, 0.25) is 0 Å². The number of hydrogen-bond donors (Lipinski definition) is 1. The zero-order chi connectivity index (χ0) is 14.1. The Hall–Kier alpha value is -1.97. The monoisotopic (exact) mass is 273 g/mol. The van der Waals surface area contributed by atoms with Gasteiger partial charge in [-0.1, -0.05) is 24.3 Å². The second-order valence-corrected chi connectivity index (χ2v) is 5.15. The molecule has 1 aliphatic carbocycles. The third kappa shape index (κ3) is 1.96. The normalized spacial score (nSPS) is 26.4. The highest BCUT2D eigenvalue weighted by atomic mass is 16.5. The Labute approximate surface area is 118 Å². The zero-order valence-electron chi connectivity index (χ0n) is 11.8. The summed E-state index contributed by atoms with van der Waals surface area (Å²) in [6.45, 7) is 2.56. The predicted molar refractivity (Wildman–Crippen MR) is 77.0 cm³/mol. The van der Waals surface area contributed by atoms with Gasteiger partial charge >= 0.3 is 5.97 Å². The van der Waals surface area contributed by atoms with E-state index in [1.54, 1.807) is 0 Å². The second kappa shape index (κ2) is 5.19. The highest BCUT2D eigenvalue weighted by Crippen LogP contribution is 2.47. The van der Waals surface area contributed by atoms with Gasteiger partial charge in [0, 0.05) is 11.8 Å². The lowest BCUT2D eigenvalue weighted by molar-refractivity contribution is -0.142. The zero-order valence-corrected chi connectivity index (χ0v) is 11.8. The maximum absolute atomic E-state index is 12.0. The number of ether oxygens (including phenoxy) is 2. The van der Waals surface area contributed by atoms with Crippen LogP contribution in [-0.2, 0) is 9.53 Å². The highest BCUT2D eigenvalue weighted by molar-refractivity contribution is 5.83. The summed E-state index contributed by atoms with van der Waals surface area (Å²) in [4.78, 5) is 12.0. The van der Waals surface area contributed by atoms with Gasteiger partial charge in [-0.25, -0.2) is 4.79 Å². The van der Waals surface area contributed by atoms with Gasteiger partial charge in [0.15, 0.2) is 0 Å². The summed E-state index contributed by atoms with van der Waals surface area (Å²) in [6, 6.07) is 5.73. The van der Waals surface area contributed by atoms with Crippen molar-refractivity contribution in [3.63, 3.8) is 0 Å². The van der Waals surface area contributed by atoms with Crippen LogP contribution in [0.3, 0.4) is 0 Å². The van der Waals surface area contributed by atoms with Crippen molar-refractivity contribution in [3.05, 3.63) is 35.9 Å². The number of benzene rings is 1. The molecule has 20 heavy (non-hydrogen) atoms. The van der Waals surface area contributed by atoms with Gasteiger partial charge in [-0.15, -0.1) is 0 Å². The SMILES string of the molecule is CCOc1cccc2c1N[C@@H](C(=O)OC)[C@H]1CC=C[C@@H]21. The van der Waals surface area contributed by atoms with Crippen molar-refractivity contribution in [2.45, 2.75) is 25.3 Å². The second-order valence-electron chi connectivity index (χ2n) is 5.15. The first-order chi connectivity index (χ1) is 9.76. The van der Waals surface area contributed by atoms with E-state index in [4.69, 9.17) is 9.47 Å². The molecule has 0 saturated heterocycles. The van der Waals surface area contributed by atoms with E-state index in [0.717, 1.165) is 17.9 Å². The Morgan fingerprint density at radius 2 is 2.30 bits per heavy atom. The molecular formula is C16H19NO3. The molecule has 0 saturated carbocycles. The van der Waals surface area contributed by atoms with Gasteiger partial charge in [-0.2, -0.15) is 0 Å². The number of allylic oxidation sites excluding steroid dienone is 2. The van der Waals surface area contributed by atoms with Crippen molar-refractivity contribution in [3.8, 4) is 5.75 Å². The number of rotatable bonds is 3. The van der Waals surface area contributed by atoms with E-state index in [2.05, 4.69) is 23.5 Å². The molecule has 3 atom stereocenters. The summed E-state index contributed by atoms with van der Waals surface area (Å²) in [6.07, 6.45) is 5.24. The number of nitrogens with one attached hydrogen (secondary N) is 1. The third-order valence-corrected chi connectivity index (χ3v) is 4.11. The molecule has 1 aromatic rings. The molecular weight excluding hydrogens is 254 g/mol. The van der Waals surface area contributed by atoms with Gasteiger partial charge in [0.25, 0.3) is 0 Å². The fourth-order valence-corrected chi connectivity index (χ4v) is 3.23. The molecule has 0 amide bonds. The lowest BCUT2D eigenvalue weighted by Gasteiger charge is -2.36. The lowest BCUT2D eigenvalue weighted by atomic mass is 9.79. The average molecular weight is 273 g/mol. The van der Waals surface area contributed by atoms with Crippen molar-refractivity contribution in [1.29, 1.82) is 0 Å². The van der Waals surface area contributed by atoms with Crippen LogP contribution in [-0.4, -0.2) is 25.7 Å². The molecule has 106 valence electrons. The van der Waals surface area contributed by atoms with Crippen molar-refractivity contribution in [2.75, 3.05) is 19.0 Å². The van der Waals surface area contributed by atoms with E-state index in [0.29, 0.717) is 6.61 Å². The third-order valence-electron chi connectivity index (χ3n) is 4.11. The van der Waals surface area contributed by atoms with E-state index in [1.165, 1.54) is 12.7 Å². The number of methoxy groups -OCH3 is 1. The summed E-state index contributed by atoms with van der Waals surface area (Å²) in [5.74, 6) is 1.08. The molecule has 0 bridgehead atoms. The highest BCUT2D eigenvalue weighted by Gasteiger charge is 2.42. The Morgan fingerprint density at radius 3 is 3.05 bits per heavy atom. The molecule has 1 aromatic carbocycles. The maximum Gasteiger partial charge on any atom is 0.328 e. The topological polar surface area (TPSA) is 47.6 Å². The lowest BCUT2D eigenvalue weighted by Crippen LogP contribution is -2.42. The molecule has 1 heterocycles. The number of fused-ring (bicyclic) bond motifs is 3. The standard InChI is InChI=1S/C16H19NO3/c1-3-20-13-9-5-8-11-10-6-4-7-12(10)15(16(18)19-2)17-14(11)13/h4-6,8-10,12,15,17H,3,7H2,1-2H3/t10-,12-,15+/m0/s1. The van der Waals surface area contributed by atoms with Crippen molar-refractivity contribution in [2.24, 2.45) is 5.92 Å². The Kier molecular flexibility index (Phi) is 3.38. The number of carbonyl (C=O) groups excluding carboxylic acids is 1. The summed E-state index contributed by atoms with van der Waals surface area (Å²) in [5, 5.41) is 3.33. The van der Waals surface area contributed by atoms with Gasteiger partial charge in [-0.3, -0.25) is 0 Å². The number of esters is 1. The van der Waals surface area contributed by atoms with E-state index < -0.39 is 0 Å². The van der Waals surface area contributed by atoms with Gasteiger partial charge in [0.2, 0.25) is 0 Å². The summed E-state index contributed by atoms with van der Waals surface area (Å²) in [7, 11) is 1.44. The first kappa shape index (κ1) is 13.0. The molecule has 1 aliphatic heterocycles. The van der Waals surface area contributed by atoms with Crippen molar-refractivity contribution >= 4 is 11.7 Å². The molecule has 0 fully saturated rings.